The van der Waals surface area contributed by atoms with Crippen LogP contribution >= 0.6 is 11.6 Å². The highest BCUT2D eigenvalue weighted by Crippen LogP contribution is 2.34. The van der Waals surface area contributed by atoms with E-state index in [1.165, 1.54) is 16.5 Å². The molecule has 3 heteroatoms. The van der Waals surface area contributed by atoms with E-state index in [1.807, 2.05) is 6.07 Å². The van der Waals surface area contributed by atoms with Crippen LogP contribution in [0.25, 0.3) is 27.9 Å². The van der Waals surface area contributed by atoms with Crippen molar-refractivity contribution in [3.63, 3.8) is 0 Å². The van der Waals surface area contributed by atoms with Crippen molar-refractivity contribution in [3.05, 3.63) is 52.8 Å². The van der Waals surface area contributed by atoms with Gasteiger partial charge in [0.2, 0.25) is 0 Å². The van der Waals surface area contributed by atoms with Crippen LogP contribution < -0.4 is 0 Å². The van der Waals surface area contributed by atoms with Gasteiger partial charge < -0.3 is 0 Å². The molecule has 19 heavy (non-hydrogen) atoms. The zero-order valence-electron chi connectivity index (χ0n) is 10.2. The van der Waals surface area contributed by atoms with Crippen LogP contribution in [0.2, 0.25) is 5.15 Å². The second kappa shape index (κ2) is 4.04. The number of hydrogen-bond donors (Lipinski definition) is 0. The first kappa shape index (κ1) is 10.9. The number of hydrogen-bond acceptors (Lipinski definition) is 2. The van der Waals surface area contributed by atoms with Crippen molar-refractivity contribution in [3.8, 4) is 0 Å². The molecule has 0 aliphatic heterocycles. The molecule has 1 aliphatic carbocycles. The third-order valence-electron chi connectivity index (χ3n) is 3.68. The highest BCUT2D eigenvalue weighted by Gasteiger charge is 2.16. The largest absolute Gasteiger partial charge is 0.251 e. The Bertz CT molecular complexity index is 837. The van der Waals surface area contributed by atoms with Gasteiger partial charge in [0.25, 0.3) is 0 Å². The van der Waals surface area contributed by atoms with Gasteiger partial charge in [-0.2, -0.15) is 0 Å². The van der Waals surface area contributed by atoms with E-state index in [4.69, 9.17) is 11.6 Å². The van der Waals surface area contributed by atoms with Crippen LogP contribution in [0.3, 0.4) is 0 Å². The monoisotopic (exact) mass is 266 g/mol. The van der Waals surface area contributed by atoms with Gasteiger partial charge in [-0.3, -0.25) is 4.98 Å². The summed E-state index contributed by atoms with van der Waals surface area (Å²) in [6.45, 7) is 0. The fraction of sp³-hybridized carbons (Fsp3) is 0.125. The third-order valence-corrected chi connectivity index (χ3v) is 3.86. The van der Waals surface area contributed by atoms with Gasteiger partial charge in [-0.25, -0.2) is 4.98 Å². The molecule has 2 aromatic carbocycles. The number of halogens is 1. The predicted octanol–water partition coefficient (Wildman–Crippen LogP) is 4.40. The molecule has 0 fully saturated rings. The Morgan fingerprint density at radius 1 is 1.05 bits per heavy atom. The highest BCUT2D eigenvalue weighted by atomic mass is 35.5. The molecule has 0 N–H and O–H groups in total. The molecule has 0 saturated carbocycles. The predicted molar refractivity (Wildman–Crippen MR) is 79.4 cm³/mol. The lowest BCUT2D eigenvalue weighted by Gasteiger charge is -2.16. The molecule has 0 radical (unpaired) electrons. The van der Waals surface area contributed by atoms with E-state index in [0.29, 0.717) is 5.15 Å². The molecular weight excluding hydrogens is 256 g/mol. The Kier molecular flexibility index (Phi) is 2.32. The Morgan fingerprint density at radius 3 is 2.79 bits per heavy atom. The number of aryl methyl sites for hydroxylation is 1. The molecule has 4 rings (SSSR count). The van der Waals surface area contributed by atoms with E-state index < -0.39 is 0 Å². The number of nitrogens with zero attached hydrogens (tertiary/aromatic N) is 2. The molecule has 0 bridgehead atoms. The maximum atomic E-state index is 6.01. The van der Waals surface area contributed by atoms with Crippen LogP contribution in [0, 0.1) is 0 Å². The number of rotatable bonds is 0. The second-order valence-electron chi connectivity index (χ2n) is 4.77. The topological polar surface area (TPSA) is 25.8 Å². The van der Waals surface area contributed by atoms with Gasteiger partial charge in [-0.05, 0) is 23.8 Å². The van der Waals surface area contributed by atoms with Crippen LogP contribution in [0.4, 0.5) is 0 Å². The summed E-state index contributed by atoms with van der Waals surface area (Å²) < 4.78 is 0. The van der Waals surface area contributed by atoms with Crippen LogP contribution in [-0.2, 0) is 6.42 Å². The summed E-state index contributed by atoms with van der Waals surface area (Å²) >= 11 is 6.01. The summed E-state index contributed by atoms with van der Waals surface area (Å²) in [5.41, 5.74) is 4.42. The minimum atomic E-state index is 0.442. The molecule has 0 amide bonds. The molecule has 3 aromatic rings. The van der Waals surface area contributed by atoms with E-state index in [-0.39, 0.29) is 0 Å². The van der Waals surface area contributed by atoms with Crippen molar-refractivity contribution in [2.45, 2.75) is 12.8 Å². The summed E-state index contributed by atoms with van der Waals surface area (Å²) in [5.74, 6) is 0. The average molecular weight is 267 g/mol. The van der Waals surface area contributed by atoms with Crippen LogP contribution in [0.15, 0.2) is 36.5 Å². The third kappa shape index (κ3) is 1.57. The van der Waals surface area contributed by atoms with Crippen molar-refractivity contribution < 1.29 is 0 Å². The first-order valence-corrected chi connectivity index (χ1v) is 6.75. The SMILES string of the molecule is Clc1cnc2c3c(c4ccccc4c2n1)CCC=C3. The minimum Gasteiger partial charge on any atom is -0.251 e. The quantitative estimate of drug-likeness (QED) is 0.564. The summed E-state index contributed by atoms with van der Waals surface area (Å²) in [6.07, 6.45) is 8.14. The molecule has 1 aliphatic rings. The zero-order chi connectivity index (χ0) is 12.8. The van der Waals surface area contributed by atoms with Gasteiger partial charge in [0.05, 0.1) is 17.2 Å². The van der Waals surface area contributed by atoms with Gasteiger partial charge in [0, 0.05) is 10.9 Å². The second-order valence-corrected chi connectivity index (χ2v) is 5.16. The normalized spacial score (nSPS) is 13.9. The first-order chi connectivity index (χ1) is 9.34. The molecule has 92 valence electrons. The smallest absolute Gasteiger partial charge is 0.148 e. The van der Waals surface area contributed by atoms with E-state index >= 15 is 0 Å². The number of fused-ring (bicyclic) bond motifs is 6. The standard InChI is InChI=1S/C16H11ClN2/c17-14-9-18-15-12-7-3-1-5-10(12)11-6-2-4-8-13(11)16(15)19-14/h2-4,6-9H,1,5H2. The molecule has 0 saturated heterocycles. The number of allylic oxidation sites excluding steroid dienone is 1. The molecule has 1 heterocycles. The van der Waals surface area contributed by atoms with E-state index in [2.05, 4.69) is 40.3 Å². The molecule has 1 aromatic heterocycles. The maximum Gasteiger partial charge on any atom is 0.148 e. The maximum absolute atomic E-state index is 6.01. The first-order valence-electron chi connectivity index (χ1n) is 6.37. The Morgan fingerprint density at radius 2 is 1.89 bits per heavy atom. The summed E-state index contributed by atoms with van der Waals surface area (Å²) in [6, 6.07) is 8.37. The lowest BCUT2D eigenvalue weighted by Crippen LogP contribution is -2.00. The summed E-state index contributed by atoms with van der Waals surface area (Å²) in [7, 11) is 0. The lowest BCUT2D eigenvalue weighted by molar-refractivity contribution is 0.998. The van der Waals surface area contributed by atoms with Crippen molar-refractivity contribution >= 4 is 39.5 Å². The minimum absolute atomic E-state index is 0.442. The van der Waals surface area contributed by atoms with Crippen LogP contribution in [0.5, 0.6) is 0 Å². The van der Waals surface area contributed by atoms with Crippen molar-refractivity contribution in [2.24, 2.45) is 0 Å². The molecule has 2 nitrogen and oxygen atoms in total. The lowest BCUT2D eigenvalue weighted by atomic mass is 9.90. The molecule has 0 atom stereocenters. The van der Waals surface area contributed by atoms with Crippen molar-refractivity contribution in [1.29, 1.82) is 0 Å². The summed E-state index contributed by atoms with van der Waals surface area (Å²) in [4.78, 5) is 8.98. The number of aromatic nitrogens is 2. The Labute approximate surface area is 115 Å². The van der Waals surface area contributed by atoms with E-state index in [9.17, 15) is 0 Å². The highest BCUT2D eigenvalue weighted by molar-refractivity contribution is 6.30. The number of benzene rings is 2. The van der Waals surface area contributed by atoms with Gasteiger partial charge in [-0.1, -0.05) is 48.0 Å². The average Bonchev–Trinajstić information content (AvgIpc) is 2.47. The fourth-order valence-electron chi connectivity index (χ4n) is 2.87. The summed E-state index contributed by atoms with van der Waals surface area (Å²) in [5, 5.41) is 2.85. The van der Waals surface area contributed by atoms with Crippen LogP contribution in [-0.4, -0.2) is 9.97 Å². The van der Waals surface area contributed by atoms with Crippen molar-refractivity contribution in [2.75, 3.05) is 0 Å². The molecule has 0 spiro atoms. The van der Waals surface area contributed by atoms with Gasteiger partial charge in [0.1, 0.15) is 5.15 Å². The van der Waals surface area contributed by atoms with E-state index in [0.717, 1.165) is 29.3 Å². The Hall–Kier alpha value is -1.93. The fourth-order valence-corrected chi connectivity index (χ4v) is 3.00. The van der Waals surface area contributed by atoms with Gasteiger partial charge in [0.15, 0.2) is 0 Å². The van der Waals surface area contributed by atoms with Gasteiger partial charge in [-0.15, -0.1) is 0 Å². The molecule has 0 unspecified atom stereocenters. The molecular formula is C16H11ClN2. The van der Waals surface area contributed by atoms with E-state index in [1.54, 1.807) is 6.20 Å². The Balaban J connectivity index is 2.31. The van der Waals surface area contributed by atoms with Crippen LogP contribution in [0.1, 0.15) is 17.5 Å². The van der Waals surface area contributed by atoms with Crippen molar-refractivity contribution in [1.82, 2.24) is 9.97 Å². The zero-order valence-corrected chi connectivity index (χ0v) is 11.0. The van der Waals surface area contributed by atoms with Gasteiger partial charge >= 0.3 is 0 Å².